The summed E-state index contributed by atoms with van der Waals surface area (Å²) < 4.78 is 26.7. The van der Waals surface area contributed by atoms with Gasteiger partial charge in [-0.25, -0.2) is 9.18 Å². The van der Waals surface area contributed by atoms with Gasteiger partial charge in [-0.2, -0.15) is 0 Å². The van der Waals surface area contributed by atoms with Gasteiger partial charge in [0.05, 0.1) is 12.1 Å². The highest BCUT2D eigenvalue weighted by Gasteiger charge is 2.35. The van der Waals surface area contributed by atoms with E-state index in [1.54, 1.807) is 31.2 Å². The first kappa shape index (κ1) is 32.7. The summed E-state index contributed by atoms with van der Waals surface area (Å²) in [6.45, 7) is 7.76. The number of carbonyl (C=O) groups is 2. The van der Waals surface area contributed by atoms with Crippen molar-refractivity contribution in [2.75, 3.05) is 14.2 Å². The van der Waals surface area contributed by atoms with Crippen molar-refractivity contribution in [3.63, 3.8) is 0 Å². The van der Waals surface area contributed by atoms with E-state index in [4.69, 9.17) is 21.1 Å². The van der Waals surface area contributed by atoms with Crippen molar-refractivity contribution < 1.29 is 23.5 Å². The third-order valence-electron chi connectivity index (χ3n) is 8.26. The van der Waals surface area contributed by atoms with Gasteiger partial charge in [-0.05, 0) is 89.3 Å². The second-order valence-corrected chi connectivity index (χ2v) is 14.0. The van der Waals surface area contributed by atoms with Crippen molar-refractivity contribution in [3.8, 4) is 16.9 Å². The van der Waals surface area contributed by atoms with Crippen molar-refractivity contribution in [3.05, 3.63) is 81.7 Å². The van der Waals surface area contributed by atoms with Crippen molar-refractivity contribution in [2.45, 2.75) is 77.6 Å². The molecule has 4 aromatic rings. The molecule has 7 nitrogen and oxygen atoms in total. The molecule has 0 spiro atoms. The summed E-state index contributed by atoms with van der Waals surface area (Å²) in [5.74, 6) is -0.0523. The first-order chi connectivity index (χ1) is 21.4. The van der Waals surface area contributed by atoms with E-state index in [1.165, 1.54) is 17.4 Å². The monoisotopic (exact) mass is 651 g/mol. The zero-order chi connectivity index (χ0) is 32.5. The first-order valence-corrected chi connectivity index (χ1v) is 16.3. The maximum atomic E-state index is 14.8. The summed E-state index contributed by atoms with van der Waals surface area (Å²) >= 11 is 7.91. The molecule has 0 N–H and O–H groups in total. The largest absolute Gasteiger partial charge is 0.496 e. The fraction of sp³-hybridized carbons (Fsp3) is 0.400. The Balaban J connectivity index is 1.47. The molecule has 1 fully saturated rings. The highest BCUT2D eigenvalue weighted by molar-refractivity contribution is 7.21. The maximum Gasteiger partial charge on any atom is 0.410 e. The molecule has 0 bridgehead atoms. The second-order valence-electron chi connectivity index (χ2n) is 12.6. The summed E-state index contributed by atoms with van der Waals surface area (Å²) in [6.07, 6.45) is 4.22. The van der Waals surface area contributed by atoms with E-state index >= 15 is 0 Å². The average molecular weight is 652 g/mol. The predicted octanol–water partition coefficient (Wildman–Crippen LogP) is 8.89. The Morgan fingerprint density at radius 3 is 2.36 bits per heavy atom. The number of thiophene rings is 1. The van der Waals surface area contributed by atoms with E-state index < -0.39 is 11.4 Å². The second kappa shape index (κ2) is 13.3. The molecule has 0 aliphatic heterocycles. The molecular formula is C35H39ClFN3O4S. The fourth-order valence-electron chi connectivity index (χ4n) is 5.85. The number of ether oxygens (including phenoxy) is 2. The number of benzene rings is 2. The number of amides is 2. The number of halogens is 2. The zero-order valence-corrected chi connectivity index (χ0v) is 28.1. The number of fused-ring (bicyclic) bond motifs is 1. The van der Waals surface area contributed by atoms with Gasteiger partial charge in [0.2, 0.25) is 0 Å². The number of carbonyl (C=O) groups excluding carboxylic acids is 2. The first-order valence-electron chi connectivity index (χ1n) is 15.1. The third-order valence-corrected chi connectivity index (χ3v) is 9.90. The third kappa shape index (κ3) is 7.25. The summed E-state index contributed by atoms with van der Waals surface area (Å²) in [5, 5.41) is 0.398. The number of methoxy groups -OCH3 is 1. The molecule has 2 aromatic heterocycles. The van der Waals surface area contributed by atoms with Crippen molar-refractivity contribution in [1.82, 2.24) is 14.8 Å². The molecule has 2 amide bonds. The molecule has 2 aromatic carbocycles. The van der Waals surface area contributed by atoms with Gasteiger partial charge in [-0.1, -0.05) is 29.8 Å². The molecule has 45 heavy (non-hydrogen) atoms. The van der Waals surface area contributed by atoms with Gasteiger partial charge >= 0.3 is 6.09 Å². The number of aromatic nitrogens is 1. The summed E-state index contributed by atoms with van der Waals surface area (Å²) in [4.78, 5) is 35.5. The average Bonchev–Trinajstić information content (AvgIpc) is 3.36. The lowest BCUT2D eigenvalue weighted by Crippen LogP contribution is -2.47. The Morgan fingerprint density at radius 2 is 1.73 bits per heavy atom. The van der Waals surface area contributed by atoms with Crippen molar-refractivity contribution in [2.24, 2.45) is 0 Å². The van der Waals surface area contributed by atoms with Crippen LogP contribution < -0.4 is 4.74 Å². The lowest BCUT2D eigenvalue weighted by molar-refractivity contribution is 0.0144. The summed E-state index contributed by atoms with van der Waals surface area (Å²) in [5.41, 5.74) is 3.08. The predicted molar refractivity (Wildman–Crippen MR) is 178 cm³/mol. The number of aryl methyl sites for hydroxylation is 1. The molecule has 1 aliphatic carbocycles. The normalized spacial score (nSPS) is 16.8. The lowest BCUT2D eigenvalue weighted by Gasteiger charge is -2.40. The summed E-state index contributed by atoms with van der Waals surface area (Å²) in [7, 11) is 3.38. The number of hydrogen-bond acceptors (Lipinski definition) is 6. The Hall–Kier alpha value is -3.69. The SMILES string of the molecule is COc1ccc(-c2ccc(C)nc2)cc1CN(C(=O)c1sc2cccc(F)c2c1Cl)[C@H]1CC[C@H](N(C)C(=O)OC(C)(C)C)CC1. The fourth-order valence-corrected chi connectivity index (χ4v) is 7.36. The van der Waals surface area contributed by atoms with Crippen molar-refractivity contribution in [1.29, 1.82) is 0 Å². The Morgan fingerprint density at radius 1 is 1.04 bits per heavy atom. The number of rotatable bonds is 7. The van der Waals surface area contributed by atoms with Gasteiger partial charge < -0.3 is 19.3 Å². The molecule has 0 atom stereocenters. The zero-order valence-electron chi connectivity index (χ0n) is 26.5. The highest BCUT2D eigenvalue weighted by Crippen LogP contribution is 2.40. The molecule has 10 heteroatoms. The van der Waals surface area contributed by atoms with Crippen LogP contribution in [0.4, 0.5) is 9.18 Å². The van der Waals surface area contributed by atoms with Crippen LogP contribution in [0.5, 0.6) is 5.75 Å². The highest BCUT2D eigenvalue weighted by atomic mass is 35.5. The van der Waals surface area contributed by atoms with Crippen LogP contribution in [0, 0.1) is 12.7 Å². The molecule has 238 valence electrons. The van der Waals surface area contributed by atoms with Gasteiger partial charge in [0.25, 0.3) is 5.91 Å². The van der Waals surface area contributed by atoms with E-state index in [9.17, 15) is 14.0 Å². The van der Waals surface area contributed by atoms with Gasteiger partial charge in [-0.3, -0.25) is 9.78 Å². The standard InChI is InChI=1S/C35H39ClFN3O4S/c1-21-10-11-23(19-38-21)22-12-17-28(43-6)24(18-22)20-40(33(41)32-31(36)30-27(37)8-7-9-29(30)45-32)26-15-13-25(14-16-26)39(5)34(42)44-35(2,3)4/h7-12,17-19,25-26H,13-16,20H2,1-6H3/t25-,26-. The van der Waals surface area contributed by atoms with Gasteiger partial charge in [-0.15, -0.1) is 11.3 Å². The van der Waals surface area contributed by atoms with Crippen LogP contribution in [0.3, 0.4) is 0 Å². The summed E-state index contributed by atoms with van der Waals surface area (Å²) in [6, 6.07) is 14.5. The van der Waals surface area contributed by atoms with Crippen LogP contribution in [0.15, 0.2) is 54.7 Å². The van der Waals surface area contributed by atoms with Gasteiger partial charge in [0.1, 0.15) is 22.0 Å². The Kier molecular flexibility index (Phi) is 9.70. The quantitative estimate of drug-likeness (QED) is 0.200. The molecule has 0 saturated heterocycles. The molecular weight excluding hydrogens is 613 g/mol. The van der Waals surface area contributed by atoms with Crippen LogP contribution in [-0.4, -0.2) is 58.6 Å². The molecule has 2 heterocycles. The topological polar surface area (TPSA) is 72.0 Å². The Bertz CT molecular complexity index is 1690. The van der Waals surface area contributed by atoms with Gasteiger partial charge in [0, 0.05) is 58.8 Å². The lowest BCUT2D eigenvalue weighted by atomic mass is 9.89. The van der Waals surface area contributed by atoms with Crippen molar-refractivity contribution >= 4 is 45.0 Å². The molecule has 5 rings (SSSR count). The van der Waals surface area contributed by atoms with E-state index in [0.29, 0.717) is 41.0 Å². The minimum absolute atomic E-state index is 0.0121. The Labute approximate surface area is 272 Å². The van der Waals surface area contributed by atoms with Gasteiger partial charge in [0.15, 0.2) is 0 Å². The van der Waals surface area contributed by atoms with Crippen LogP contribution in [0.25, 0.3) is 21.2 Å². The van der Waals surface area contributed by atoms with Crippen LogP contribution in [0.1, 0.15) is 67.4 Å². The van der Waals surface area contributed by atoms with E-state index in [-0.39, 0.29) is 41.0 Å². The number of pyridine rings is 1. The van der Waals surface area contributed by atoms with E-state index in [2.05, 4.69) is 4.98 Å². The number of hydrogen-bond donors (Lipinski definition) is 0. The van der Waals surface area contributed by atoms with E-state index in [0.717, 1.165) is 22.4 Å². The smallest absolute Gasteiger partial charge is 0.410 e. The molecule has 0 unspecified atom stereocenters. The molecule has 1 aliphatic rings. The van der Waals surface area contributed by atoms with E-state index in [1.807, 2.05) is 69.1 Å². The minimum atomic E-state index is -0.586. The van der Waals surface area contributed by atoms with Crippen LogP contribution in [0.2, 0.25) is 5.02 Å². The van der Waals surface area contributed by atoms with Crippen LogP contribution in [-0.2, 0) is 11.3 Å². The minimum Gasteiger partial charge on any atom is -0.496 e. The molecule has 0 radical (unpaired) electrons. The number of nitrogens with zero attached hydrogens (tertiary/aromatic N) is 3. The maximum absolute atomic E-state index is 14.8. The molecule has 1 saturated carbocycles. The van der Waals surface area contributed by atoms with Crippen LogP contribution >= 0.6 is 22.9 Å².